The Morgan fingerprint density at radius 1 is 1.17 bits per heavy atom. The zero-order valence-electron chi connectivity index (χ0n) is 15.8. The fraction of sp³-hybridized carbons (Fsp3) is 0.350. The van der Waals surface area contributed by atoms with Gasteiger partial charge in [0.15, 0.2) is 0 Å². The Bertz CT molecular complexity index is 989. The predicted molar refractivity (Wildman–Crippen MR) is 102 cm³/mol. The highest BCUT2D eigenvalue weighted by Gasteiger charge is 2.31. The minimum Gasteiger partial charge on any atom is -0.396 e. The highest BCUT2D eigenvalue weighted by atomic mass is 19.4. The molecule has 1 aliphatic rings. The molecule has 10 heteroatoms. The van der Waals surface area contributed by atoms with Gasteiger partial charge in [0.1, 0.15) is 5.82 Å². The number of anilines is 1. The zero-order valence-corrected chi connectivity index (χ0v) is 15.8. The molecule has 1 saturated heterocycles. The molecule has 158 valence electrons. The number of pyridine rings is 1. The molecular weight excluding hydrogens is 401 g/mol. The number of nitrogens with zero attached hydrogens (tertiary/aromatic N) is 4. The second-order valence-corrected chi connectivity index (χ2v) is 6.86. The summed E-state index contributed by atoms with van der Waals surface area (Å²) in [5.74, 6) is 0.990. The van der Waals surface area contributed by atoms with E-state index in [1.165, 1.54) is 12.1 Å². The summed E-state index contributed by atoms with van der Waals surface area (Å²) in [6.07, 6.45) is -2.35. The highest BCUT2D eigenvalue weighted by Crippen LogP contribution is 2.32. The second-order valence-electron chi connectivity index (χ2n) is 6.86. The first-order valence-electron chi connectivity index (χ1n) is 9.39. The van der Waals surface area contributed by atoms with E-state index in [0.29, 0.717) is 31.7 Å². The van der Waals surface area contributed by atoms with Gasteiger partial charge in [0.05, 0.1) is 23.8 Å². The number of halogens is 3. The Labute approximate surface area is 170 Å². The third-order valence-corrected chi connectivity index (χ3v) is 4.78. The van der Waals surface area contributed by atoms with Crippen LogP contribution in [0.1, 0.15) is 12.0 Å². The van der Waals surface area contributed by atoms with Crippen LogP contribution < -0.4 is 4.90 Å². The number of hydrogen-bond acceptors (Lipinski definition) is 7. The van der Waals surface area contributed by atoms with E-state index in [1.807, 2.05) is 6.07 Å². The Morgan fingerprint density at radius 3 is 2.77 bits per heavy atom. The predicted octanol–water partition coefficient (Wildman–Crippen LogP) is 3.41. The number of morpholine rings is 1. The molecule has 7 nitrogen and oxygen atoms in total. The van der Waals surface area contributed by atoms with Crippen molar-refractivity contribution in [3.05, 3.63) is 48.2 Å². The fourth-order valence-electron chi connectivity index (χ4n) is 3.24. The molecule has 1 atom stereocenters. The Morgan fingerprint density at radius 2 is 2.03 bits per heavy atom. The molecule has 1 fully saturated rings. The lowest BCUT2D eigenvalue weighted by Crippen LogP contribution is -2.43. The quantitative estimate of drug-likeness (QED) is 0.677. The average Bonchev–Trinajstić information content (AvgIpc) is 3.24. The van der Waals surface area contributed by atoms with Gasteiger partial charge in [-0.25, -0.2) is 4.98 Å². The van der Waals surface area contributed by atoms with Crippen molar-refractivity contribution in [1.29, 1.82) is 0 Å². The van der Waals surface area contributed by atoms with Gasteiger partial charge < -0.3 is 19.3 Å². The number of aliphatic hydroxyl groups is 1. The molecule has 0 amide bonds. The maximum atomic E-state index is 12.9. The molecular formula is C20H19F3N4O3. The van der Waals surface area contributed by atoms with Gasteiger partial charge in [0, 0.05) is 31.5 Å². The summed E-state index contributed by atoms with van der Waals surface area (Å²) in [7, 11) is 0. The first-order valence-corrected chi connectivity index (χ1v) is 9.39. The van der Waals surface area contributed by atoms with Crippen molar-refractivity contribution in [2.75, 3.05) is 31.2 Å². The largest absolute Gasteiger partial charge is 0.416 e. The third-order valence-electron chi connectivity index (χ3n) is 4.78. The van der Waals surface area contributed by atoms with Gasteiger partial charge in [-0.3, -0.25) is 0 Å². The van der Waals surface area contributed by atoms with Crippen LogP contribution in [0.5, 0.6) is 0 Å². The van der Waals surface area contributed by atoms with Crippen molar-refractivity contribution in [1.82, 2.24) is 15.1 Å². The maximum Gasteiger partial charge on any atom is 0.416 e. The zero-order chi connectivity index (χ0) is 21.1. The van der Waals surface area contributed by atoms with Crippen molar-refractivity contribution < 1.29 is 27.5 Å². The molecule has 3 aromatic rings. The number of hydrogen-bond donors (Lipinski definition) is 1. The van der Waals surface area contributed by atoms with E-state index in [1.54, 1.807) is 12.3 Å². The minimum absolute atomic E-state index is 0.0452. The fourth-order valence-corrected chi connectivity index (χ4v) is 3.24. The molecule has 4 rings (SSSR count). The van der Waals surface area contributed by atoms with E-state index in [0.717, 1.165) is 18.0 Å². The van der Waals surface area contributed by atoms with Crippen LogP contribution in [0.4, 0.5) is 19.0 Å². The Balaban J connectivity index is 1.50. The summed E-state index contributed by atoms with van der Waals surface area (Å²) in [6, 6.07) is 8.34. The van der Waals surface area contributed by atoms with Gasteiger partial charge in [-0.2, -0.15) is 18.2 Å². The maximum absolute atomic E-state index is 12.9. The number of alkyl halides is 3. The van der Waals surface area contributed by atoms with Crippen molar-refractivity contribution in [3.8, 4) is 22.8 Å². The number of aromatic nitrogens is 3. The van der Waals surface area contributed by atoms with Crippen LogP contribution in [0, 0.1) is 0 Å². The van der Waals surface area contributed by atoms with Gasteiger partial charge in [-0.15, -0.1) is 0 Å². The van der Waals surface area contributed by atoms with Crippen LogP contribution in [0.15, 0.2) is 47.1 Å². The van der Waals surface area contributed by atoms with Crippen molar-refractivity contribution in [2.24, 2.45) is 0 Å². The lowest BCUT2D eigenvalue weighted by molar-refractivity contribution is -0.137. The standard InChI is InChI=1S/C20H19F3N4O3/c21-20(22,23)15-3-1-2-13(10-15)18-25-19(30-26-18)14-4-5-17(24-11-14)27-7-9-29-16(12-27)6-8-28/h1-5,10-11,16,28H,6-9,12H2/t16-/m1/s1. The molecule has 30 heavy (non-hydrogen) atoms. The van der Waals surface area contributed by atoms with Crippen molar-refractivity contribution >= 4 is 5.82 Å². The van der Waals surface area contributed by atoms with E-state index >= 15 is 0 Å². The Hall–Kier alpha value is -2.98. The van der Waals surface area contributed by atoms with E-state index in [9.17, 15) is 13.2 Å². The normalized spacial score (nSPS) is 17.3. The number of aliphatic hydroxyl groups excluding tert-OH is 1. The summed E-state index contributed by atoms with van der Waals surface area (Å²) in [5, 5.41) is 12.9. The lowest BCUT2D eigenvalue weighted by atomic mass is 10.1. The summed E-state index contributed by atoms with van der Waals surface area (Å²) in [5.41, 5.74) is -0.000303. The first kappa shape index (κ1) is 20.3. The van der Waals surface area contributed by atoms with Crippen molar-refractivity contribution in [2.45, 2.75) is 18.7 Å². The smallest absolute Gasteiger partial charge is 0.396 e. The molecule has 0 bridgehead atoms. The molecule has 0 unspecified atom stereocenters. The number of benzene rings is 1. The van der Waals surface area contributed by atoms with Crippen LogP contribution >= 0.6 is 0 Å². The van der Waals surface area contributed by atoms with E-state index in [4.69, 9.17) is 14.4 Å². The van der Waals surface area contributed by atoms with E-state index in [2.05, 4.69) is 20.0 Å². The van der Waals surface area contributed by atoms with Gasteiger partial charge in [-0.1, -0.05) is 17.3 Å². The molecule has 1 N–H and O–H groups in total. The van der Waals surface area contributed by atoms with Crippen LogP contribution in [0.2, 0.25) is 0 Å². The number of ether oxygens (including phenoxy) is 1. The van der Waals surface area contributed by atoms with Gasteiger partial charge in [-0.05, 0) is 30.7 Å². The third kappa shape index (κ3) is 4.44. The molecule has 1 aliphatic heterocycles. The number of rotatable bonds is 5. The molecule has 0 radical (unpaired) electrons. The van der Waals surface area contributed by atoms with Crippen LogP contribution in [-0.2, 0) is 10.9 Å². The van der Waals surface area contributed by atoms with Crippen LogP contribution in [0.25, 0.3) is 22.8 Å². The lowest BCUT2D eigenvalue weighted by Gasteiger charge is -2.33. The van der Waals surface area contributed by atoms with E-state index < -0.39 is 11.7 Å². The van der Waals surface area contributed by atoms with Gasteiger partial charge in [0.2, 0.25) is 5.82 Å². The van der Waals surface area contributed by atoms with E-state index in [-0.39, 0.29) is 30.0 Å². The van der Waals surface area contributed by atoms with Crippen LogP contribution in [0.3, 0.4) is 0 Å². The summed E-state index contributed by atoms with van der Waals surface area (Å²) < 4.78 is 49.6. The van der Waals surface area contributed by atoms with Crippen molar-refractivity contribution in [3.63, 3.8) is 0 Å². The van der Waals surface area contributed by atoms with Crippen LogP contribution in [-0.4, -0.2) is 52.6 Å². The molecule has 0 saturated carbocycles. The monoisotopic (exact) mass is 420 g/mol. The molecule has 0 aliphatic carbocycles. The van der Waals surface area contributed by atoms with Gasteiger partial charge in [0.25, 0.3) is 5.89 Å². The minimum atomic E-state index is -4.45. The topological polar surface area (TPSA) is 84.5 Å². The molecule has 0 spiro atoms. The Kier molecular flexibility index (Phi) is 5.69. The summed E-state index contributed by atoms with van der Waals surface area (Å²) in [4.78, 5) is 10.7. The summed E-state index contributed by atoms with van der Waals surface area (Å²) >= 11 is 0. The van der Waals surface area contributed by atoms with Gasteiger partial charge >= 0.3 is 6.18 Å². The second kappa shape index (κ2) is 8.41. The summed E-state index contributed by atoms with van der Waals surface area (Å²) in [6.45, 7) is 1.94. The molecule has 2 aromatic heterocycles. The average molecular weight is 420 g/mol. The molecule has 3 heterocycles. The SMILES string of the molecule is OCC[C@@H]1CN(c2ccc(-c3nc(-c4cccc(C(F)(F)F)c4)no3)cn2)CCO1. The highest BCUT2D eigenvalue weighted by molar-refractivity contribution is 5.61. The first-order chi connectivity index (χ1) is 14.4. The molecule has 1 aromatic carbocycles.